The summed E-state index contributed by atoms with van der Waals surface area (Å²) >= 11 is 0. The predicted molar refractivity (Wildman–Crippen MR) is 47.5 cm³/mol. The summed E-state index contributed by atoms with van der Waals surface area (Å²) in [5.74, 6) is 0.606. The first-order valence-electron chi connectivity index (χ1n) is 4.11. The first-order chi connectivity index (χ1) is 6.90. The van der Waals surface area contributed by atoms with Gasteiger partial charge in [0.2, 0.25) is 0 Å². The molecule has 0 saturated heterocycles. The minimum Gasteiger partial charge on any atom is -0.314 e. The Morgan fingerprint density at radius 3 is 2.86 bits per heavy atom. The smallest absolute Gasteiger partial charge is 0.179 e. The van der Waals surface area contributed by atoms with Crippen molar-refractivity contribution >= 4 is 0 Å². The largest absolute Gasteiger partial charge is 0.314 e. The number of nitrogens with one attached hydrogen (secondary N) is 1. The van der Waals surface area contributed by atoms with Crippen molar-refractivity contribution in [3.8, 4) is 5.82 Å². The Balaban J connectivity index is 2.22. The molecule has 0 unspecified atom stereocenters. The fraction of sp³-hybridized carbons (Fsp3) is 0.286. The van der Waals surface area contributed by atoms with Crippen molar-refractivity contribution in [3.05, 3.63) is 24.2 Å². The van der Waals surface area contributed by atoms with Crippen molar-refractivity contribution in [2.75, 3.05) is 7.05 Å². The summed E-state index contributed by atoms with van der Waals surface area (Å²) < 4.78 is 1.45. The summed E-state index contributed by atoms with van der Waals surface area (Å²) in [5, 5.41) is 21.7. The molecule has 7 nitrogen and oxygen atoms in total. The molecule has 0 amide bonds. The molecule has 2 aromatic rings. The lowest BCUT2D eigenvalue weighted by atomic mass is 10.4. The van der Waals surface area contributed by atoms with Gasteiger partial charge in [0.1, 0.15) is 6.33 Å². The van der Waals surface area contributed by atoms with E-state index < -0.39 is 0 Å². The lowest BCUT2D eigenvalue weighted by Crippen LogP contribution is -2.09. The lowest BCUT2D eigenvalue weighted by Gasteiger charge is -1.99. The van der Waals surface area contributed by atoms with Crippen LogP contribution in [0.4, 0.5) is 0 Å². The van der Waals surface area contributed by atoms with Crippen LogP contribution in [-0.2, 0) is 6.54 Å². The van der Waals surface area contributed by atoms with E-state index in [1.165, 1.54) is 11.0 Å². The SMILES string of the molecule is CNCc1ccc(-n2cnnn2)nn1. The summed E-state index contributed by atoms with van der Waals surface area (Å²) in [6, 6.07) is 3.69. The van der Waals surface area contributed by atoms with Gasteiger partial charge in [-0.15, -0.1) is 10.2 Å². The molecule has 0 spiro atoms. The van der Waals surface area contributed by atoms with Crippen LogP contribution in [0.2, 0.25) is 0 Å². The van der Waals surface area contributed by atoms with Crippen molar-refractivity contribution in [1.29, 1.82) is 0 Å². The standard InChI is InChI=1S/C7H9N7/c1-8-4-6-2-3-7(11-10-6)14-5-9-12-13-14/h2-3,5,8H,4H2,1H3. The van der Waals surface area contributed by atoms with Gasteiger partial charge in [-0.2, -0.15) is 9.78 Å². The predicted octanol–water partition coefficient (Wildman–Crippen LogP) is -0.828. The van der Waals surface area contributed by atoms with Gasteiger partial charge in [0.05, 0.1) is 5.69 Å². The van der Waals surface area contributed by atoms with E-state index in [1.807, 2.05) is 19.2 Å². The highest BCUT2D eigenvalue weighted by Crippen LogP contribution is 1.99. The minimum absolute atomic E-state index is 0.606. The second-order valence-electron chi connectivity index (χ2n) is 2.67. The highest BCUT2D eigenvalue weighted by atomic mass is 15.5. The Labute approximate surface area is 80.2 Å². The molecule has 0 aliphatic carbocycles. The fourth-order valence-electron chi connectivity index (χ4n) is 1.02. The van der Waals surface area contributed by atoms with Gasteiger partial charge in [0.15, 0.2) is 5.82 Å². The first-order valence-corrected chi connectivity index (χ1v) is 4.11. The van der Waals surface area contributed by atoms with Gasteiger partial charge in [-0.1, -0.05) is 0 Å². The van der Waals surface area contributed by atoms with E-state index in [4.69, 9.17) is 0 Å². The number of tetrazole rings is 1. The monoisotopic (exact) mass is 191 g/mol. The molecule has 1 N–H and O–H groups in total. The van der Waals surface area contributed by atoms with Crippen LogP contribution in [0.15, 0.2) is 18.5 Å². The molecule has 14 heavy (non-hydrogen) atoms. The Morgan fingerprint density at radius 2 is 2.29 bits per heavy atom. The molecule has 2 rings (SSSR count). The molecule has 0 bridgehead atoms. The third kappa shape index (κ3) is 1.72. The number of hydrogen-bond donors (Lipinski definition) is 1. The van der Waals surface area contributed by atoms with Crippen LogP contribution in [0.1, 0.15) is 5.69 Å². The normalized spacial score (nSPS) is 10.4. The van der Waals surface area contributed by atoms with Crippen LogP contribution < -0.4 is 5.32 Å². The van der Waals surface area contributed by atoms with E-state index in [-0.39, 0.29) is 0 Å². The quantitative estimate of drug-likeness (QED) is 0.682. The molecule has 2 aromatic heterocycles. The van der Waals surface area contributed by atoms with Gasteiger partial charge in [-0.05, 0) is 29.6 Å². The van der Waals surface area contributed by atoms with Gasteiger partial charge in [0, 0.05) is 6.54 Å². The Hall–Kier alpha value is -1.89. The van der Waals surface area contributed by atoms with Crippen molar-refractivity contribution in [1.82, 2.24) is 35.7 Å². The molecule has 7 heteroatoms. The molecule has 2 heterocycles. The zero-order chi connectivity index (χ0) is 9.80. The molecule has 0 aromatic carbocycles. The van der Waals surface area contributed by atoms with Crippen LogP contribution in [-0.4, -0.2) is 37.5 Å². The summed E-state index contributed by atoms with van der Waals surface area (Å²) in [7, 11) is 1.86. The summed E-state index contributed by atoms with van der Waals surface area (Å²) in [4.78, 5) is 0. The number of hydrogen-bond acceptors (Lipinski definition) is 6. The average molecular weight is 191 g/mol. The van der Waals surface area contributed by atoms with Gasteiger partial charge in [0.25, 0.3) is 0 Å². The van der Waals surface area contributed by atoms with E-state index in [0.717, 1.165) is 5.69 Å². The van der Waals surface area contributed by atoms with Crippen LogP contribution in [0.5, 0.6) is 0 Å². The Bertz CT molecular complexity index is 379. The van der Waals surface area contributed by atoms with Crippen molar-refractivity contribution in [2.24, 2.45) is 0 Å². The van der Waals surface area contributed by atoms with Crippen molar-refractivity contribution in [3.63, 3.8) is 0 Å². The summed E-state index contributed by atoms with van der Waals surface area (Å²) in [5.41, 5.74) is 0.879. The first kappa shape index (κ1) is 8.70. The maximum atomic E-state index is 4.00. The van der Waals surface area contributed by atoms with Crippen LogP contribution in [0, 0.1) is 0 Å². The molecule has 0 aliphatic rings. The molecular formula is C7H9N7. The molecular weight excluding hydrogens is 182 g/mol. The third-order valence-electron chi connectivity index (χ3n) is 1.65. The zero-order valence-electron chi connectivity index (χ0n) is 7.62. The van der Waals surface area contributed by atoms with Crippen LogP contribution in [0.25, 0.3) is 5.82 Å². The second kappa shape index (κ2) is 3.88. The van der Waals surface area contributed by atoms with Crippen molar-refractivity contribution in [2.45, 2.75) is 6.54 Å². The molecule has 0 aliphatic heterocycles. The van der Waals surface area contributed by atoms with E-state index >= 15 is 0 Å². The molecule has 0 radical (unpaired) electrons. The number of nitrogens with zero attached hydrogens (tertiary/aromatic N) is 6. The highest BCUT2D eigenvalue weighted by molar-refractivity contribution is 5.18. The number of rotatable bonds is 3. The van der Waals surface area contributed by atoms with Gasteiger partial charge < -0.3 is 5.32 Å². The Morgan fingerprint density at radius 1 is 1.36 bits per heavy atom. The molecule has 72 valence electrons. The zero-order valence-corrected chi connectivity index (χ0v) is 7.62. The Kier molecular flexibility index (Phi) is 2.41. The van der Waals surface area contributed by atoms with E-state index in [1.54, 1.807) is 0 Å². The van der Waals surface area contributed by atoms with Gasteiger partial charge in [-0.25, -0.2) is 0 Å². The highest BCUT2D eigenvalue weighted by Gasteiger charge is 2.00. The maximum Gasteiger partial charge on any atom is 0.179 e. The van der Waals surface area contributed by atoms with Gasteiger partial charge in [-0.3, -0.25) is 0 Å². The molecule has 0 saturated carbocycles. The minimum atomic E-state index is 0.606. The second-order valence-corrected chi connectivity index (χ2v) is 2.67. The van der Waals surface area contributed by atoms with E-state index in [9.17, 15) is 0 Å². The van der Waals surface area contributed by atoms with Crippen LogP contribution in [0.3, 0.4) is 0 Å². The van der Waals surface area contributed by atoms with E-state index in [0.29, 0.717) is 12.4 Å². The average Bonchev–Trinajstić information content (AvgIpc) is 2.72. The molecule has 0 atom stereocenters. The maximum absolute atomic E-state index is 4.00. The van der Waals surface area contributed by atoms with E-state index in [2.05, 4.69) is 31.0 Å². The van der Waals surface area contributed by atoms with Crippen molar-refractivity contribution < 1.29 is 0 Å². The topological polar surface area (TPSA) is 81.4 Å². The van der Waals surface area contributed by atoms with Crippen LogP contribution >= 0.6 is 0 Å². The fourth-order valence-corrected chi connectivity index (χ4v) is 1.02. The number of aromatic nitrogens is 6. The third-order valence-corrected chi connectivity index (χ3v) is 1.65. The summed E-state index contributed by atoms with van der Waals surface area (Å²) in [6.07, 6.45) is 1.47. The van der Waals surface area contributed by atoms with Gasteiger partial charge >= 0.3 is 0 Å². The summed E-state index contributed by atoms with van der Waals surface area (Å²) in [6.45, 7) is 0.697. The lowest BCUT2D eigenvalue weighted by molar-refractivity contribution is 0.726. The molecule has 0 fully saturated rings.